The SMILES string of the molecule is C1=CC2=NC1=NC1=NC(=NC3=NC(=NC4=NC(=N2)C(c2ccccc2)=C4c2ccccc2)C(c2ccccc2)=C3c2ccccc2)C=C1. The van der Waals surface area contributed by atoms with Crippen molar-refractivity contribution in [2.24, 2.45) is 39.9 Å². The molecule has 0 unspecified atom stereocenters. The largest absolute Gasteiger partial charge is 0.209 e. The standard InChI is InChI=1S/C40H24N8/c1-5-13-25(14-6-1)33-35(27-17-9-3-10-18-27)39-46-37(33)44-31-23-21-29(42-31)41-30-22-24-32(43-30)45-38-34(26-15-7-2-8-16-26)36(40(47-38)48-39)28-19-11-4-12-20-28/h1-24H. The molecule has 0 atom stereocenters. The Morgan fingerprint density at radius 1 is 0.229 bits per heavy atom. The fraction of sp³-hybridized carbons (Fsp3) is 0. The van der Waals surface area contributed by atoms with Gasteiger partial charge in [-0.25, -0.2) is 39.9 Å². The second kappa shape index (κ2) is 11.5. The minimum absolute atomic E-state index is 0.489. The van der Waals surface area contributed by atoms with E-state index in [4.69, 9.17) is 25.0 Å². The van der Waals surface area contributed by atoms with Crippen LogP contribution in [0.2, 0.25) is 0 Å². The molecule has 0 saturated heterocycles. The summed E-state index contributed by atoms with van der Waals surface area (Å²) in [7, 11) is 0. The van der Waals surface area contributed by atoms with Gasteiger partial charge in [0.1, 0.15) is 0 Å². The lowest BCUT2D eigenvalue weighted by Crippen LogP contribution is -2.04. The quantitative estimate of drug-likeness (QED) is 0.226. The fourth-order valence-electron chi connectivity index (χ4n) is 6.07. The first kappa shape index (κ1) is 27.5. The van der Waals surface area contributed by atoms with Crippen molar-refractivity contribution in [3.05, 3.63) is 168 Å². The number of rotatable bonds is 4. The maximum Gasteiger partial charge on any atom is 0.165 e. The first-order valence-electron chi connectivity index (χ1n) is 15.5. The summed E-state index contributed by atoms with van der Waals surface area (Å²) < 4.78 is 0. The monoisotopic (exact) mass is 616 g/mol. The minimum Gasteiger partial charge on any atom is -0.209 e. The number of nitrogens with zero attached hydrogens (tertiary/aromatic N) is 8. The van der Waals surface area contributed by atoms with Gasteiger partial charge in [-0.2, -0.15) is 0 Å². The summed E-state index contributed by atoms with van der Waals surface area (Å²) in [4.78, 5) is 39.5. The number of fused-ring (bicyclic) bond motifs is 4. The van der Waals surface area contributed by atoms with Crippen molar-refractivity contribution in [3.8, 4) is 0 Å². The normalized spacial score (nSPS) is 17.8. The molecule has 0 aromatic heterocycles. The van der Waals surface area contributed by atoms with Gasteiger partial charge in [0, 0.05) is 22.3 Å². The molecule has 8 nitrogen and oxygen atoms in total. The van der Waals surface area contributed by atoms with Crippen LogP contribution in [0.15, 0.2) is 186 Å². The average molecular weight is 617 g/mol. The van der Waals surface area contributed by atoms with Crippen molar-refractivity contribution < 1.29 is 0 Å². The van der Waals surface area contributed by atoms with Gasteiger partial charge >= 0.3 is 0 Å². The Morgan fingerprint density at radius 3 is 0.812 bits per heavy atom. The Bertz CT molecular complexity index is 2380. The highest BCUT2D eigenvalue weighted by Crippen LogP contribution is 2.39. The van der Waals surface area contributed by atoms with Gasteiger partial charge in [0.25, 0.3) is 0 Å². The zero-order valence-corrected chi connectivity index (χ0v) is 25.4. The number of aliphatic imine (C=N–C) groups is 8. The summed E-state index contributed by atoms with van der Waals surface area (Å²) in [6.45, 7) is 0. The molecule has 224 valence electrons. The molecule has 48 heavy (non-hydrogen) atoms. The Kier molecular flexibility index (Phi) is 6.61. The molecule has 0 aliphatic carbocycles. The third kappa shape index (κ3) is 4.98. The van der Waals surface area contributed by atoms with Gasteiger partial charge in [-0.3, -0.25) is 0 Å². The molecule has 4 aromatic carbocycles. The van der Waals surface area contributed by atoms with Gasteiger partial charge in [-0.1, -0.05) is 121 Å². The van der Waals surface area contributed by atoms with Crippen LogP contribution in [0.4, 0.5) is 0 Å². The van der Waals surface area contributed by atoms with Crippen LogP contribution in [0.1, 0.15) is 22.3 Å². The smallest absolute Gasteiger partial charge is 0.165 e. The highest BCUT2D eigenvalue weighted by Gasteiger charge is 2.33. The molecule has 0 saturated carbocycles. The summed E-state index contributed by atoms with van der Waals surface area (Å²) >= 11 is 0. The first-order valence-corrected chi connectivity index (χ1v) is 15.5. The number of hydrogen-bond donors (Lipinski definition) is 0. The Hall–Kier alpha value is -6.80. The van der Waals surface area contributed by atoms with E-state index in [1.165, 1.54) is 0 Å². The van der Waals surface area contributed by atoms with E-state index in [0.29, 0.717) is 46.7 Å². The van der Waals surface area contributed by atoms with Gasteiger partial charge in [0.05, 0.1) is 0 Å². The van der Waals surface area contributed by atoms with Gasteiger partial charge in [0.15, 0.2) is 46.7 Å². The minimum atomic E-state index is 0.489. The van der Waals surface area contributed by atoms with Crippen LogP contribution in [-0.2, 0) is 0 Å². The van der Waals surface area contributed by atoms with E-state index in [0.717, 1.165) is 44.5 Å². The van der Waals surface area contributed by atoms with Crippen molar-refractivity contribution in [3.63, 3.8) is 0 Å². The van der Waals surface area contributed by atoms with Crippen molar-refractivity contribution in [1.82, 2.24) is 0 Å². The lowest BCUT2D eigenvalue weighted by atomic mass is 9.94. The molecule has 5 aliphatic heterocycles. The fourth-order valence-corrected chi connectivity index (χ4v) is 6.07. The molecule has 5 aliphatic rings. The van der Waals surface area contributed by atoms with E-state index in [-0.39, 0.29) is 0 Å². The summed E-state index contributed by atoms with van der Waals surface area (Å²) in [5.41, 5.74) is 7.26. The van der Waals surface area contributed by atoms with Gasteiger partial charge in [-0.15, -0.1) is 0 Å². The van der Waals surface area contributed by atoms with E-state index in [1.807, 2.05) is 97.1 Å². The predicted molar refractivity (Wildman–Crippen MR) is 197 cm³/mol. The molecular weight excluding hydrogens is 592 g/mol. The molecule has 0 radical (unpaired) electrons. The Labute approximate surface area is 276 Å². The van der Waals surface area contributed by atoms with E-state index in [2.05, 4.69) is 63.5 Å². The Balaban J connectivity index is 1.37. The van der Waals surface area contributed by atoms with Crippen LogP contribution in [-0.4, -0.2) is 46.7 Å². The highest BCUT2D eigenvalue weighted by molar-refractivity contribution is 6.55. The van der Waals surface area contributed by atoms with Crippen LogP contribution in [0.25, 0.3) is 22.3 Å². The van der Waals surface area contributed by atoms with Crippen LogP contribution >= 0.6 is 0 Å². The average Bonchev–Trinajstić information content (AvgIpc) is 3.93. The van der Waals surface area contributed by atoms with Gasteiger partial charge in [-0.05, 0) is 46.6 Å². The second-order valence-corrected chi connectivity index (χ2v) is 11.3. The van der Waals surface area contributed by atoms with E-state index < -0.39 is 0 Å². The third-order valence-corrected chi connectivity index (χ3v) is 8.17. The first-order chi connectivity index (χ1) is 23.8. The molecule has 9 rings (SSSR count). The maximum absolute atomic E-state index is 5.29. The van der Waals surface area contributed by atoms with Crippen LogP contribution < -0.4 is 0 Å². The van der Waals surface area contributed by atoms with Crippen molar-refractivity contribution in [2.45, 2.75) is 0 Å². The van der Waals surface area contributed by atoms with Crippen molar-refractivity contribution in [1.29, 1.82) is 0 Å². The molecule has 8 heteroatoms. The summed E-state index contributed by atoms with van der Waals surface area (Å²) in [5.74, 6) is 3.98. The molecule has 0 amide bonds. The summed E-state index contributed by atoms with van der Waals surface area (Å²) in [5, 5.41) is 0. The van der Waals surface area contributed by atoms with Crippen LogP contribution in [0, 0.1) is 0 Å². The third-order valence-electron chi connectivity index (χ3n) is 8.17. The maximum atomic E-state index is 5.29. The zero-order chi connectivity index (χ0) is 31.9. The van der Waals surface area contributed by atoms with Gasteiger partial charge < -0.3 is 0 Å². The molecule has 5 heterocycles. The van der Waals surface area contributed by atoms with Gasteiger partial charge in [0.2, 0.25) is 0 Å². The topological polar surface area (TPSA) is 98.9 Å². The second-order valence-electron chi connectivity index (χ2n) is 11.3. The molecule has 8 bridgehead atoms. The predicted octanol–water partition coefficient (Wildman–Crippen LogP) is 7.58. The number of benzene rings is 4. The number of amidine groups is 8. The summed E-state index contributed by atoms with van der Waals surface area (Å²) in [6, 6.07) is 40.6. The van der Waals surface area contributed by atoms with Crippen LogP contribution in [0.5, 0.6) is 0 Å². The lowest BCUT2D eigenvalue weighted by Gasteiger charge is -2.11. The van der Waals surface area contributed by atoms with Crippen molar-refractivity contribution >= 4 is 69.0 Å². The molecule has 4 aromatic rings. The van der Waals surface area contributed by atoms with Crippen LogP contribution in [0.3, 0.4) is 0 Å². The molecule has 0 spiro atoms. The number of hydrogen-bond acceptors (Lipinski definition) is 8. The summed E-state index contributed by atoms with van der Waals surface area (Å²) in [6.07, 6.45) is 7.30. The van der Waals surface area contributed by atoms with Crippen molar-refractivity contribution in [2.75, 3.05) is 0 Å². The molecular formula is C40H24N8. The Morgan fingerprint density at radius 2 is 0.479 bits per heavy atom. The highest BCUT2D eigenvalue weighted by atomic mass is 15.1. The van der Waals surface area contributed by atoms with E-state index in [9.17, 15) is 0 Å². The zero-order valence-electron chi connectivity index (χ0n) is 25.4. The van der Waals surface area contributed by atoms with E-state index >= 15 is 0 Å². The van der Waals surface area contributed by atoms with E-state index in [1.54, 1.807) is 0 Å². The molecule has 0 N–H and O–H groups in total. The lowest BCUT2D eigenvalue weighted by molar-refractivity contribution is 1.50. The molecule has 0 fully saturated rings.